The molecule has 1 heterocycles. The topological polar surface area (TPSA) is 85.3 Å². The summed E-state index contributed by atoms with van der Waals surface area (Å²) < 4.78 is 17.0. The van der Waals surface area contributed by atoms with Gasteiger partial charge in [0.15, 0.2) is 11.5 Å². The van der Waals surface area contributed by atoms with E-state index in [1.165, 1.54) is 4.90 Å². The van der Waals surface area contributed by atoms with Gasteiger partial charge in [0.2, 0.25) is 0 Å². The van der Waals surface area contributed by atoms with E-state index in [4.69, 9.17) is 14.2 Å². The average molecular weight is 530 g/mol. The molecule has 0 aromatic heterocycles. The number of Topliss-reactive ketones (excluding diaryl/α,β-unsaturated/α-hetero) is 1. The normalized spacial score (nSPS) is 16.4. The van der Waals surface area contributed by atoms with Gasteiger partial charge in [-0.2, -0.15) is 0 Å². The number of anilines is 1. The Bertz CT molecular complexity index is 1360. The van der Waals surface area contributed by atoms with Crippen LogP contribution in [0.15, 0.2) is 72.3 Å². The highest BCUT2D eigenvalue weighted by Gasteiger charge is 2.47. The molecule has 1 unspecified atom stereocenters. The lowest BCUT2D eigenvalue weighted by Gasteiger charge is -2.26. The number of hydrogen-bond donors (Lipinski definition) is 1. The first-order chi connectivity index (χ1) is 18.9. The van der Waals surface area contributed by atoms with Gasteiger partial charge < -0.3 is 19.3 Å². The van der Waals surface area contributed by atoms with Crippen LogP contribution in [-0.4, -0.2) is 37.1 Å². The molecule has 0 spiro atoms. The van der Waals surface area contributed by atoms with Gasteiger partial charge in [-0.1, -0.05) is 38.0 Å². The SMILES string of the molecule is CCCCCOc1ccc(/C(O)=C2/C(=O)C(=O)N(c3cccc(C)c3)C2c2ccc(OC)c(OCC)c2)cc1. The molecule has 1 aliphatic rings. The number of carbonyl (C=O) groups excluding carboxylic acids is 2. The molecule has 204 valence electrons. The van der Waals surface area contributed by atoms with Crippen molar-refractivity contribution in [2.75, 3.05) is 25.2 Å². The molecule has 4 rings (SSSR count). The molecule has 1 atom stereocenters. The third-order valence-corrected chi connectivity index (χ3v) is 6.67. The Morgan fingerprint density at radius 2 is 1.69 bits per heavy atom. The summed E-state index contributed by atoms with van der Waals surface area (Å²) >= 11 is 0. The maximum Gasteiger partial charge on any atom is 0.300 e. The summed E-state index contributed by atoms with van der Waals surface area (Å²) in [5, 5.41) is 11.5. The standard InChI is InChI=1S/C32H35NO6/c1-5-7-8-18-39-25-15-12-22(13-16-25)30(34)28-29(23-14-17-26(37-4)27(20-23)38-6-2)33(32(36)31(28)35)24-11-9-10-21(3)19-24/h9-17,19-20,29,34H,5-8,18H2,1-4H3/b30-28-. The summed E-state index contributed by atoms with van der Waals surface area (Å²) in [7, 11) is 1.55. The number of methoxy groups -OCH3 is 1. The summed E-state index contributed by atoms with van der Waals surface area (Å²) in [5.74, 6) is -0.0280. The molecule has 0 aliphatic carbocycles. The molecule has 3 aromatic carbocycles. The number of ether oxygens (including phenoxy) is 3. The van der Waals surface area contributed by atoms with Crippen molar-refractivity contribution in [1.29, 1.82) is 0 Å². The highest BCUT2D eigenvalue weighted by atomic mass is 16.5. The zero-order chi connectivity index (χ0) is 27.9. The number of aliphatic hydroxyl groups excluding tert-OH is 1. The minimum Gasteiger partial charge on any atom is -0.507 e. The predicted molar refractivity (Wildman–Crippen MR) is 152 cm³/mol. The molecule has 1 amide bonds. The van der Waals surface area contributed by atoms with E-state index in [2.05, 4.69) is 6.92 Å². The Hall–Kier alpha value is -4.26. The summed E-state index contributed by atoms with van der Waals surface area (Å²) in [6.07, 6.45) is 3.17. The first kappa shape index (κ1) is 27.8. The number of unbranched alkanes of at least 4 members (excludes halogenated alkanes) is 2. The molecule has 7 heteroatoms. The van der Waals surface area contributed by atoms with Gasteiger partial charge >= 0.3 is 0 Å². The number of amides is 1. The number of aliphatic hydroxyl groups is 1. The average Bonchev–Trinajstić information content (AvgIpc) is 3.21. The van der Waals surface area contributed by atoms with E-state index in [-0.39, 0.29) is 11.3 Å². The van der Waals surface area contributed by atoms with Crippen molar-refractivity contribution in [3.05, 3.63) is 89.0 Å². The first-order valence-electron chi connectivity index (χ1n) is 13.3. The van der Waals surface area contributed by atoms with Gasteiger partial charge in [0.05, 0.1) is 31.9 Å². The van der Waals surface area contributed by atoms with Crippen LogP contribution >= 0.6 is 0 Å². The highest BCUT2D eigenvalue weighted by Crippen LogP contribution is 2.44. The Kier molecular flexibility index (Phi) is 8.92. The number of rotatable bonds is 11. The van der Waals surface area contributed by atoms with Crippen LogP contribution < -0.4 is 19.1 Å². The van der Waals surface area contributed by atoms with Gasteiger partial charge in [0.1, 0.15) is 11.5 Å². The fourth-order valence-electron chi connectivity index (χ4n) is 4.73. The molecule has 1 N–H and O–H groups in total. The maximum atomic E-state index is 13.5. The zero-order valence-electron chi connectivity index (χ0n) is 22.9. The van der Waals surface area contributed by atoms with Crippen LogP contribution in [-0.2, 0) is 9.59 Å². The van der Waals surface area contributed by atoms with E-state index in [9.17, 15) is 14.7 Å². The predicted octanol–water partition coefficient (Wildman–Crippen LogP) is 6.60. The second-order valence-corrected chi connectivity index (χ2v) is 9.43. The highest BCUT2D eigenvalue weighted by molar-refractivity contribution is 6.51. The number of aryl methyl sites for hydroxylation is 1. The fourth-order valence-corrected chi connectivity index (χ4v) is 4.73. The van der Waals surface area contributed by atoms with Gasteiger partial charge in [-0.25, -0.2) is 0 Å². The van der Waals surface area contributed by atoms with E-state index >= 15 is 0 Å². The van der Waals surface area contributed by atoms with Crippen molar-refractivity contribution < 1.29 is 28.9 Å². The molecular formula is C32H35NO6. The van der Waals surface area contributed by atoms with E-state index in [0.717, 1.165) is 24.8 Å². The van der Waals surface area contributed by atoms with Crippen molar-refractivity contribution >= 4 is 23.1 Å². The minimum atomic E-state index is -0.873. The number of carbonyl (C=O) groups is 2. The third kappa shape index (κ3) is 5.93. The monoisotopic (exact) mass is 529 g/mol. The first-order valence-corrected chi connectivity index (χ1v) is 13.3. The van der Waals surface area contributed by atoms with E-state index in [1.54, 1.807) is 55.6 Å². The molecule has 39 heavy (non-hydrogen) atoms. The molecule has 3 aromatic rings. The van der Waals surface area contributed by atoms with E-state index in [1.807, 2.05) is 32.0 Å². The van der Waals surface area contributed by atoms with Crippen LogP contribution in [0.25, 0.3) is 5.76 Å². The van der Waals surface area contributed by atoms with Crippen LogP contribution in [0, 0.1) is 6.92 Å². The van der Waals surface area contributed by atoms with Gasteiger partial charge in [-0.3, -0.25) is 14.5 Å². The Morgan fingerprint density at radius 3 is 2.36 bits per heavy atom. The van der Waals surface area contributed by atoms with Crippen LogP contribution in [0.2, 0.25) is 0 Å². The van der Waals surface area contributed by atoms with Crippen molar-refractivity contribution in [3.8, 4) is 17.2 Å². The second-order valence-electron chi connectivity index (χ2n) is 9.43. The van der Waals surface area contributed by atoms with Crippen LogP contribution in [0.3, 0.4) is 0 Å². The van der Waals surface area contributed by atoms with Gasteiger partial charge in [-0.05, 0) is 79.9 Å². The number of hydrogen-bond acceptors (Lipinski definition) is 6. The molecule has 1 aliphatic heterocycles. The molecule has 1 fully saturated rings. The lowest BCUT2D eigenvalue weighted by molar-refractivity contribution is -0.132. The Balaban J connectivity index is 1.81. The van der Waals surface area contributed by atoms with Crippen LogP contribution in [0.4, 0.5) is 5.69 Å². The smallest absolute Gasteiger partial charge is 0.300 e. The maximum absolute atomic E-state index is 13.5. The summed E-state index contributed by atoms with van der Waals surface area (Å²) in [6.45, 7) is 6.94. The van der Waals surface area contributed by atoms with Gasteiger partial charge in [0.25, 0.3) is 11.7 Å². The Morgan fingerprint density at radius 1 is 0.923 bits per heavy atom. The number of benzene rings is 3. The van der Waals surface area contributed by atoms with Crippen molar-refractivity contribution in [3.63, 3.8) is 0 Å². The summed E-state index contributed by atoms with van der Waals surface area (Å²) in [6, 6.07) is 18.7. The Labute approximate surface area is 229 Å². The van der Waals surface area contributed by atoms with Gasteiger partial charge in [0, 0.05) is 11.3 Å². The van der Waals surface area contributed by atoms with Crippen LogP contribution in [0.5, 0.6) is 17.2 Å². The molecule has 1 saturated heterocycles. The number of nitrogens with zero attached hydrogens (tertiary/aromatic N) is 1. The molecular weight excluding hydrogens is 494 g/mol. The molecule has 0 bridgehead atoms. The summed E-state index contributed by atoms with van der Waals surface area (Å²) in [5.41, 5.74) is 2.53. The van der Waals surface area contributed by atoms with Gasteiger partial charge in [-0.15, -0.1) is 0 Å². The lowest BCUT2D eigenvalue weighted by atomic mass is 9.94. The fraction of sp³-hybridized carbons (Fsp3) is 0.312. The molecule has 0 saturated carbocycles. The second kappa shape index (κ2) is 12.5. The summed E-state index contributed by atoms with van der Waals surface area (Å²) in [4.78, 5) is 28.4. The van der Waals surface area contributed by atoms with E-state index < -0.39 is 17.7 Å². The largest absolute Gasteiger partial charge is 0.507 e. The van der Waals surface area contributed by atoms with Crippen LogP contribution in [0.1, 0.15) is 55.8 Å². The third-order valence-electron chi connectivity index (χ3n) is 6.67. The lowest BCUT2D eigenvalue weighted by Crippen LogP contribution is -2.29. The quantitative estimate of drug-likeness (QED) is 0.130. The molecule has 0 radical (unpaired) electrons. The molecule has 7 nitrogen and oxygen atoms in total. The van der Waals surface area contributed by atoms with Crippen molar-refractivity contribution in [2.24, 2.45) is 0 Å². The van der Waals surface area contributed by atoms with E-state index in [0.29, 0.717) is 47.3 Å². The zero-order valence-corrected chi connectivity index (χ0v) is 22.9. The minimum absolute atomic E-state index is 0.00531. The number of ketones is 1. The van der Waals surface area contributed by atoms with Crippen molar-refractivity contribution in [2.45, 2.75) is 46.1 Å². The van der Waals surface area contributed by atoms with Crippen molar-refractivity contribution in [1.82, 2.24) is 0 Å².